The van der Waals surface area contributed by atoms with E-state index in [4.69, 9.17) is 12.2 Å². The third-order valence-electron chi connectivity index (χ3n) is 2.91. The molecule has 0 aliphatic heterocycles. The number of imidazole rings is 1. The van der Waals surface area contributed by atoms with Crippen molar-refractivity contribution in [3.8, 4) is 16.9 Å². The molecule has 0 radical (unpaired) electrons. The smallest absolute Gasteiger partial charge is 0.182 e. The molecule has 0 aliphatic rings. The predicted molar refractivity (Wildman–Crippen MR) is 76.3 cm³/mol. The highest BCUT2D eigenvalue weighted by Crippen LogP contribution is 2.20. The SMILES string of the molecule is Fc1ccc(-c2cn(-c3ccccc3)c(=S)[nH]2)cc1. The predicted octanol–water partition coefficient (Wildman–Crippen LogP) is 4.34. The van der Waals surface area contributed by atoms with Crippen LogP contribution < -0.4 is 0 Å². The Kier molecular flexibility index (Phi) is 3.01. The van der Waals surface area contributed by atoms with Crippen molar-refractivity contribution in [3.63, 3.8) is 0 Å². The summed E-state index contributed by atoms with van der Waals surface area (Å²) in [5.74, 6) is -0.246. The highest BCUT2D eigenvalue weighted by atomic mass is 32.1. The molecule has 0 saturated heterocycles. The molecule has 1 N–H and O–H groups in total. The lowest BCUT2D eigenvalue weighted by Crippen LogP contribution is -1.90. The second-order valence-corrected chi connectivity index (χ2v) is 4.57. The average molecular weight is 270 g/mol. The molecule has 1 heterocycles. The maximum atomic E-state index is 12.9. The van der Waals surface area contributed by atoms with Crippen LogP contribution in [0.4, 0.5) is 4.39 Å². The first kappa shape index (κ1) is 11.9. The van der Waals surface area contributed by atoms with Crippen LogP contribution in [0.2, 0.25) is 0 Å². The molecule has 19 heavy (non-hydrogen) atoms. The van der Waals surface area contributed by atoms with E-state index in [2.05, 4.69) is 4.98 Å². The number of halogens is 1. The topological polar surface area (TPSA) is 20.7 Å². The van der Waals surface area contributed by atoms with Crippen LogP contribution in [0, 0.1) is 10.6 Å². The van der Waals surface area contributed by atoms with Gasteiger partial charge in [0.1, 0.15) is 5.82 Å². The summed E-state index contributed by atoms with van der Waals surface area (Å²) in [7, 11) is 0. The molecule has 94 valence electrons. The molecule has 1 aromatic heterocycles. The van der Waals surface area contributed by atoms with Crippen LogP contribution >= 0.6 is 12.2 Å². The maximum absolute atomic E-state index is 12.9. The second-order valence-electron chi connectivity index (χ2n) is 4.19. The number of hydrogen-bond donors (Lipinski definition) is 1. The molecule has 0 spiro atoms. The molecule has 4 heteroatoms. The van der Waals surface area contributed by atoms with E-state index in [-0.39, 0.29) is 5.82 Å². The van der Waals surface area contributed by atoms with E-state index in [0.717, 1.165) is 16.9 Å². The van der Waals surface area contributed by atoms with Gasteiger partial charge in [-0.3, -0.25) is 4.57 Å². The zero-order valence-electron chi connectivity index (χ0n) is 10.0. The van der Waals surface area contributed by atoms with E-state index >= 15 is 0 Å². The fourth-order valence-electron chi connectivity index (χ4n) is 1.95. The molecular weight excluding hydrogens is 259 g/mol. The van der Waals surface area contributed by atoms with Crippen molar-refractivity contribution in [2.24, 2.45) is 0 Å². The normalized spacial score (nSPS) is 10.6. The number of nitrogens with one attached hydrogen (secondary N) is 1. The molecule has 2 aromatic carbocycles. The van der Waals surface area contributed by atoms with Crippen LogP contribution in [0.1, 0.15) is 0 Å². The van der Waals surface area contributed by atoms with Crippen LogP contribution in [-0.4, -0.2) is 9.55 Å². The highest BCUT2D eigenvalue weighted by molar-refractivity contribution is 7.71. The standard InChI is InChI=1S/C15H11FN2S/c16-12-8-6-11(7-9-12)14-10-18(15(19)17-14)13-4-2-1-3-5-13/h1-10H,(H,17,19). The van der Waals surface area contributed by atoms with Crippen molar-refractivity contribution in [3.05, 3.63) is 71.4 Å². The number of rotatable bonds is 2. The maximum Gasteiger partial charge on any atom is 0.182 e. The Labute approximate surface area is 115 Å². The zero-order chi connectivity index (χ0) is 13.2. The van der Waals surface area contributed by atoms with Gasteiger partial charge < -0.3 is 4.98 Å². The van der Waals surface area contributed by atoms with Gasteiger partial charge in [0.15, 0.2) is 4.77 Å². The molecule has 0 unspecified atom stereocenters. The van der Waals surface area contributed by atoms with Gasteiger partial charge in [-0.15, -0.1) is 0 Å². The van der Waals surface area contributed by atoms with Crippen molar-refractivity contribution < 1.29 is 4.39 Å². The molecule has 0 aliphatic carbocycles. The monoisotopic (exact) mass is 270 g/mol. The summed E-state index contributed by atoms with van der Waals surface area (Å²) < 4.78 is 15.4. The van der Waals surface area contributed by atoms with Gasteiger partial charge in [-0.25, -0.2) is 4.39 Å². The summed E-state index contributed by atoms with van der Waals surface area (Å²) >= 11 is 5.31. The van der Waals surface area contributed by atoms with Crippen LogP contribution in [0.3, 0.4) is 0 Å². The van der Waals surface area contributed by atoms with Gasteiger partial charge in [0.25, 0.3) is 0 Å². The number of nitrogens with zero attached hydrogens (tertiary/aromatic N) is 1. The third kappa shape index (κ3) is 2.35. The van der Waals surface area contributed by atoms with Crippen molar-refractivity contribution in [1.29, 1.82) is 0 Å². The quantitative estimate of drug-likeness (QED) is 0.687. The Morgan fingerprint density at radius 2 is 1.63 bits per heavy atom. The Bertz CT molecular complexity index is 742. The van der Waals surface area contributed by atoms with Crippen LogP contribution in [0.25, 0.3) is 16.9 Å². The van der Waals surface area contributed by atoms with E-state index in [1.807, 2.05) is 41.1 Å². The first-order valence-corrected chi connectivity index (χ1v) is 6.28. The van der Waals surface area contributed by atoms with Gasteiger partial charge in [0.2, 0.25) is 0 Å². The van der Waals surface area contributed by atoms with E-state index in [1.165, 1.54) is 12.1 Å². The van der Waals surface area contributed by atoms with Crippen molar-refractivity contribution >= 4 is 12.2 Å². The van der Waals surface area contributed by atoms with Crippen molar-refractivity contribution in [2.75, 3.05) is 0 Å². The number of hydrogen-bond acceptors (Lipinski definition) is 1. The van der Waals surface area contributed by atoms with E-state index in [0.29, 0.717) is 4.77 Å². The number of aromatic nitrogens is 2. The van der Waals surface area contributed by atoms with Gasteiger partial charge >= 0.3 is 0 Å². The van der Waals surface area contributed by atoms with Gasteiger partial charge in [-0.2, -0.15) is 0 Å². The Morgan fingerprint density at radius 1 is 0.947 bits per heavy atom. The summed E-state index contributed by atoms with van der Waals surface area (Å²) in [6.07, 6.45) is 1.92. The summed E-state index contributed by atoms with van der Waals surface area (Å²) in [6.45, 7) is 0. The number of benzene rings is 2. The molecule has 3 aromatic rings. The number of para-hydroxylation sites is 1. The minimum atomic E-state index is -0.246. The lowest BCUT2D eigenvalue weighted by atomic mass is 10.2. The lowest BCUT2D eigenvalue weighted by Gasteiger charge is -2.00. The van der Waals surface area contributed by atoms with Crippen molar-refractivity contribution in [2.45, 2.75) is 0 Å². The molecular formula is C15H11FN2S. The second kappa shape index (κ2) is 4.82. The first-order chi connectivity index (χ1) is 9.24. The van der Waals surface area contributed by atoms with Gasteiger partial charge in [0.05, 0.1) is 5.69 Å². The molecule has 0 amide bonds. The molecule has 0 saturated carbocycles. The summed E-state index contributed by atoms with van der Waals surface area (Å²) in [5.41, 5.74) is 2.77. The lowest BCUT2D eigenvalue weighted by molar-refractivity contribution is 0.628. The van der Waals surface area contributed by atoms with Crippen molar-refractivity contribution in [1.82, 2.24) is 9.55 Å². The van der Waals surface area contributed by atoms with Gasteiger partial charge in [-0.1, -0.05) is 18.2 Å². The Morgan fingerprint density at radius 3 is 2.32 bits per heavy atom. The zero-order valence-corrected chi connectivity index (χ0v) is 10.8. The average Bonchev–Trinajstić information content (AvgIpc) is 2.83. The van der Waals surface area contributed by atoms with Gasteiger partial charge in [0, 0.05) is 11.9 Å². The molecule has 3 rings (SSSR count). The fraction of sp³-hybridized carbons (Fsp3) is 0. The summed E-state index contributed by atoms with van der Waals surface area (Å²) in [5, 5.41) is 0. The Hall–Kier alpha value is -2.20. The number of aromatic amines is 1. The van der Waals surface area contributed by atoms with Crippen LogP contribution in [-0.2, 0) is 0 Å². The van der Waals surface area contributed by atoms with Crippen LogP contribution in [0.15, 0.2) is 60.8 Å². The third-order valence-corrected chi connectivity index (χ3v) is 3.21. The molecule has 0 atom stereocenters. The highest BCUT2D eigenvalue weighted by Gasteiger charge is 2.04. The van der Waals surface area contributed by atoms with E-state index < -0.39 is 0 Å². The minimum absolute atomic E-state index is 0.246. The van der Waals surface area contributed by atoms with Gasteiger partial charge in [-0.05, 0) is 54.2 Å². The molecule has 2 nitrogen and oxygen atoms in total. The molecule has 0 bridgehead atoms. The Balaban J connectivity index is 2.07. The number of H-pyrrole nitrogens is 1. The summed E-state index contributed by atoms with van der Waals surface area (Å²) in [6, 6.07) is 16.2. The molecule has 0 fully saturated rings. The largest absolute Gasteiger partial charge is 0.330 e. The fourth-order valence-corrected chi connectivity index (χ4v) is 2.22. The minimum Gasteiger partial charge on any atom is -0.330 e. The van der Waals surface area contributed by atoms with E-state index in [1.54, 1.807) is 12.1 Å². The van der Waals surface area contributed by atoms with E-state index in [9.17, 15) is 4.39 Å². The first-order valence-electron chi connectivity index (χ1n) is 5.87. The summed E-state index contributed by atoms with van der Waals surface area (Å²) in [4.78, 5) is 3.13. The van der Waals surface area contributed by atoms with Crippen LogP contribution in [0.5, 0.6) is 0 Å².